The summed E-state index contributed by atoms with van der Waals surface area (Å²) in [7, 11) is 0. The zero-order chi connectivity index (χ0) is 59.1. The molecule has 5 aliphatic rings. The van der Waals surface area contributed by atoms with Crippen LogP contribution < -0.4 is 58.9 Å². The summed E-state index contributed by atoms with van der Waals surface area (Å²) in [4.78, 5) is 101. The Kier molecular flexibility index (Phi) is 31.7. The highest BCUT2D eigenvalue weighted by Gasteiger charge is 2.36. The van der Waals surface area contributed by atoms with E-state index >= 15 is 0 Å². The lowest BCUT2D eigenvalue weighted by molar-refractivity contribution is -0.128. The minimum Gasteiger partial charge on any atom is -0.372 e. The fraction of sp³-hybridized carbons (Fsp3) is 0.683. The molecule has 3 heterocycles. The molecule has 2 aromatic carbocycles. The van der Waals surface area contributed by atoms with Gasteiger partial charge in [0.05, 0.1) is 17.9 Å². The van der Waals surface area contributed by atoms with E-state index in [1.54, 1.807) is 0 Å². The molecular weight excluding hydrogens is 1020 g/mol. The number of nitrogens with one attached hydrogen (secondary N) is 10. The van der Waals surface area contributed by atoms with Gasteiger partial charge in [-0.05, 0) is 110 Å². The van der Waals surface area contributed by atoms with Crippen molar-refractivity contribution in [1.29, 1.82) is 0 Å². The smallest absolute Gasteiger partial charge is 0.226 e. The molecule has 0 aromatic heterocycles. The Morgan fingerprint density at radius 1 is 0.600 bits per heavy atom. The number of carbonyl (C=O) groups excluding carboxylic acids is 9. The van der Waals surface area contributed by atoms with Crippen LogP contribution in [-0.4, -0.2) is 138 Å². The second-order valence-electron chi connectivity index (χ2n) is 23.6. The summed E-state index contributed by atoms with van der Waals surface area (Å²) in [6.07, 6.45) is 11.1. The zero-order valence-corrected chi connectivity index (χ0v) is 49.1. The van der Waals surface area contributed by atoms with E-state index in [0.717, 1.165) is 81.0 Å². The summed E-state index contributed by atoms with van der Waals surface area (Å²) >= 11 is 0. The van der Waals surface area contributed by atoms with Crippen molar-refractivity contribution < 1.29 is 43.2 Å². The van der Waals surface area contributed by atoms with Crippen molar-refractivity contribution in [2.24, 2.45) is 59.0 Å². The van der Waals surface area contributed by atoms with Crippen molar-refractivity contribution >= 4 is 66.3 Å². The van der Waals surface area contributed by atoms with Gasteiger partial charge in [-0.1, -0.05) is 111 Å². The Bertz CT molecular complexity index is 2210. The molecule has 20 heteroatoms. The summed E-state index contributed by atoms with van der Waals surface area (Å²) in [5.41, 5.74) is 5.26. The van der Waals surface area contributed by atoms with E-state index in [1.807, 2.05) is 25.0 Å². The van der Waals surface area contributed by atoms with Gasteiger partial charge in [0, 0.05) is 81.7 Å². The van der Waals surface area contributed by atoms with Gasteiger partial charge in [0.2, 0.25) is 48.8 Å². The minimum absolute atomic E-state index is 0.0398. The normalized spacial score (nSPS) is 25.7. The van der Waals surface area contributed by atoms with E-state index < -0.39 is 0 Å². The first kappa shape index (κ1) is 68.3. The molecule has 448 valence electrons. The first-order valence-corrected chi connectivity index (χ1v) is 29.3. The number of hydrogen-bond acceptors (Lipinski definition) is 12. The summed E-state index contributed by atoms with van der Waals surface area (Å²) < 4.78 is 0. The van der Waals surface area contributed by atoms with Gasteiger partial charge in [0.15, 0.2) is 0 Å². The number of carbonyl (C=O) groups is 9. The van der Waals surface area contributed by atoms with Gasteiger partial charge in [-0.15, -0.1) is 0 Å². The molecule has 13 atom stereocenters. The van der Waals surface area contributed by atoms with Crippen LogP contribution in [0.5, 0.6) is 0 Å². The standard InChI is InChI=1S/C25H33N5O3.C20H36N2O2.C13H25N3O2.CH3NO.CH2O/c1-16-11-26-13-22(16)30-24(32)10-19(29-25(33)21-12-27-14-23(21)28-15-31)9-18-7-4-6-17-5-2-3-8-20(17)18;1-13(2)11-16(21-20(24)17-9-5-7-14(17)3)12-19(23)22-18-10-6-8-15(18)4;1-9(2)4-11(6-15-8-17)13(18)16-12-7-14-5-10(12)3;2-1-3;1-2/h2-8,15-16,19,21-23,26-27H,9-14H2,1H3,(H,28,31)(H,29,33)(H,30,32);13-18H,5-12H2,1-4H3,(H,21,24)(H,22,23);8-12,14H,4-7H2,1-3H3,(H,15,17)(H,16,18);1H,(H2,2,3);1H2. The molecule has 5 fully saturated rings. The third-order valence-electron chi connectivity index (χ3n) is 16.2. The van der Waals surface area contributed by atoms with Crippen LogP contribution in [0.4, 0.5) is 0 Å². The van der Waals surface area contributed by atoms with E-state index in [9.17, 15) is 33.6 Å². The Labute approximate surface area is 476 Å². The molecule has 0 bridgehead atoms. The van der Waals surface area contributed by atoms with Crippen LogP contribution in [-0.2, 0) is 49.6 Å². The van der Waals surface area contributed by atoms with Gasteiger partial charge < -0.3 is 63.7 Å². The largest absolute Gasteiger partial charge is 0.372 e. The molecule has 8 amide bonds. The summed E-state index contributed by atoms with van der Waals surface area (Å²) in [6, 6.07) is 14.2. The van der Waals surface area contributed by atoms with Crippen LogP contribution >= 0.6 is 0 Å². The van der Waals surface area contributed by atoms with Gasteiger partial charge in [-0.25, -0.2) is 0 Å². The maximum Gasteiger partial charge on any atom is 0.226 e. The third-order valence-corrected chi connectivity index (χ3v) is 16.2. The Morgan fingerprint density at radius 3 is 1.70 bits per heavy atom. The molecule has 2 aliphatic carbocycles. The first-order chi connectivity index (χ1) is 38.4. The Morgan fingerprint density at radius 2 is 1.14 bits per heavy atom. The van der Waals surface area contributed by atoms with E-state index in [0.29, 0.717) is 86.8 Å². The lowest BCUT2D eigenvalue weighted by atomic mass is 9.95. The quantitative estimate of drug-likeness (QED) is 0.0717. The SMILES string of the molecule is C=O.CC(C)CC(CC(=O)NC1CCCC1C)NC(=O)C1CCCC1C.CC(C)CC(CNC=O)C(=O)NC1CNCC1C.CC1CNCC1NC(=O)CC(Cc1cccc2ccccc12)NC(=O)C1CNCC1NC=O.NC=O. The Hall–Kier alpha value is -5.99. The van der Waals surface area contributed by atoms with Crippen LogP contribution in [0.15, 0.2) is 42.5 Å². The molecular formula is C60H99N11O9. The summed E-state index contributed by atoms with van der Waals surface area (Å²) in [5, 5.41) is 33.0. The predicted molar refractivity (Wildman–Crippen MR) is 313 cm³/mol. The van der Waals surface area contributed by atoms with Gasteiger partial charge in [0.25, 0.3) is 0 Å². The molecule has 0 radical (unpaired) electrons. The van der Waals surface area contributed by atoms with Crippen molar-refractivity contribution in [2.75, 3.05) is 45.8 Å². The molecule has 0 spiro atoms. The van der Waals surface area contributed by atoms with E-state index in [4.69, 9.17) is 9.59 Å². The second kappa shape index (κ2) is 37.1. The number of fused-ring (bicyclic) bond motifs is 1. The highest BCUT2D eigenvalue weighted by molar-refractivity contribution is 5.87. The molecule has 2 aromatic rings. The minimum atomic E-state index is -0.368. The van der Waals surface area contributed by atoms with Crippen molar-refractivity contribution in [2.45, 2.75) is 162 Å². The van der Waals surface area contributed by atoms with Crippen molar-refractivity contribution in [3.05, 3.63) is 48.0 Å². The van der Waals surface area contributed by atoms with Crippen molar-refractivity contribution in [1.82, 2.24) is 53.2 Å². The number of primary amides is 1. The lowest BCUT2D eigenvalue weighted by Crippen LogP contribution is -2.49. The van der Waals surface area contributed by atoms with Crippen LogP contribution in [0.1, 0.15) is 125 Å². The van der Waals surface area contributed by atoms with E-state index in [1.165, 1.54) is 12.8 Å². The number of hydrogen-bond donors (Lipinski definition) is 11. The van der Waals surface area contributed by atoms with Gasteiger partial charge in [-0.3, -0.25) is 38.4 Å². The van der Waals surface area contributed by atoms with Crippen LogP contribution in [0.25, 0.3) is 10.8 Å². The number of amides is 8. The topological polar surface area (TPSA) is 300 Å². The molecule has 7 rings (SSSR count). The fourth-order valence-corrected chi connectivity index (χ4v) is 11.7. The Balaban J connectivity index is 0.000000316. The average molecular weight is 1120 g/mol. The summed E-state index contributed by atoms with van der Waals surface area (Å²) in [6.45, 7) is 24.0. The van der Waals surface area contributed by atoms with Crippen LogP contribution in [0.2, 0.25) is 0 Å². The molecule has 2 saturated carbocycles. The van der Waals surface area contributed by atoms with Crippen molar-refractivity contribution in [3.8, 4) is 0 Å². The van der Waals surface area contributed by atoms with Crippen LogP contribution in [0.3, 0.4) is 0 Å². The van der Waals surface area contributed by atoms with E-state index in [-0.39, 0.29) is 90.3 Å². The third kappa shape index (κ3) is 23.6. The predicted octanol–water partition coefficient (Wildman–Crippen LogP) is 3.00. The maximum absolute atomic E-state index is 13.1. The summed E-state index contributed by atoms with van der Waals surface area (Å²) in [5.74, 6) is 2.53. The highest BCUT2D eigenvalue weighted by atomic mass is 16.2. The first-order valence-electron chi connectivity index (χ1n) is 29.3. The number of benzene rings is 2. The average Bonchev–Trinajstić information content (AvgIpc) is 4.30. The van der Waals surface area contributed by atoms with E-state index in [2.05, 4.69) is 139 Å². The molecule has 3 saturated heterocycles. The lowest BCUT2D eigenvalue weighted by Gasteiger charge is -2.25. The van der Waals surface area contributed by atoms with Gasteiger partial charge in [-0.2, -0.15) is 0 Å². The molecule has 3 aliphatic heterocycles. The van der Waals surface area contributed by atoms with Gasteiger partial charge >= 0.3 is 0 Å². The fourth-order valence-electron chi connectivity index (χ4n) is 11.7. The second-order valence-corrected chi connectivity index (χ2v) is 23.6. The number of rotatable bonds is 23. The molecule has 12 N–H and O–H groups in total. The number of nitrogens with two attached hydrogens (primary N) is 1. The molecule has 13 unspecified atom stereocenters. The molecule has 20 nitrogen and oxygen atoms in total. The zero-order valence-electron chi connectivity index (χ0n) is 49.1. The highest BCUT2D eigenvalue weighted by Crippen LogP contribution is 2.32. The van der Waals surface area contributed by atoms with Gasteiger partial charge in [0.1, 0.15) is 6.79 Å². The monoisotopic (exact) mass is 1120 g/mol. The van der Waals surface area contributed by atoms with Crippen molar-refractivity contribution in [3.63, 3.8) is 0 Å². The van der Waals surface area contributed by atoms with Crippen LogP contribution in [0, 0.1) is 53.3 Å². The maximum atomic E-state index is 13.1. The molecule has 80 heavy (non-hydrogen) atoms.